The van der Waals surface area contributed by atoms with Crippen LogP contribution in [0.3, 0.4) is 0 Å². The van der Waals surface area contributed by atoms with Crippen LogP contribution in [-0.2, 0) is 11.3 Å². The Labute approximate surface area is 139 Å². The van der Waals surface area contributed by atoms with Gasteiger partial charge in [-0.2, -0.15) is 0 Å². The molecule has 1 aromatic carbocycles. The molecule has 3 N–H and O–H groups in total. The highest BCUT2D eigenvalue weighted by Gasteiger charge is 2.24. The monoisotopic (exact) mass is 333 g/mol. The predicted molar refractivity (Wildman–Crippen MR) is 91.0 cm³/mol. The molecule has 1 fully saturated rings. The molecule has 1 saturated heterocycles. The molecule has 0 spiro atoms. The summed E-state index contributed by atoms with van der Waals surface area (Å²) in [7, 11) is 0. The standard InChI is InChI=1S/C15H23N3O.2ClH/c1-12(16)15(19)17-10-14-8-5-9-18(14)11-13-6-3-2-4-7-13;;/h2-4,6-7,12,14H,5,8-11,16H2,1H3,(H,17,19);2*1H. The first kappa shape index (κ1) is 20.2. The fraction of sp³-hybridized carbons (Fsp3) is 0.533. The van der Waals surface area contributed by atoms with Gasteiger partial charge in [0.15, 0.2) is 0 Å². The number of rotatable bonds is 5. The highest BCUT2D eigenvalue weighted by atomic mass is 35.5. The molecular weight excluding hydrogens is 309 g/mol. The van der Waals surface area contributed by atoms with Crippen molar-refractivity contribution in [3.05, 3.63) is 35.9 Å². The van der Waals surface area contributed by atoms with Crippen LogP contribution in [0.25, 0.3) is 0 Å². The van der Waals surface area contributed by atoms with E-state index in [2.05, 4.69) is 34.5 Å². The Hall–Kier alpha value is -0.810. The smallest absolute Gasteiger partial charge is 0.236 e. The van der Waals surface area contributed by atoms with Crippen molar-refractivity contribution in [3.63, 3.8) is 0 Å². The Morgan fingerprint density at radius 1 is 1.38 bits per heavy atom. The Morgan fingerprint density at radius 3 is 2.67 bits per heavy atom. The van der Waals surface area contributed by atoms with Gasteiger partial charge < -0.3 is 11.1 Å². The van der Waals surface area contributed by atoms with Crippen LogP contribution in [0.4, 0.5) is 0 Å². The van der Waals surface area contributed by atoms with Crippen molar-refractivity contribution in [2.75, 3.05) is 13.1 Å². The van der Waals surface area contributed by atoms with Gasteiger partial charge in [0.05, 0.1) is 6.04 Å². The van der Waals surface area contributed by atoms with Gasteiger partial charge in [0, 0.05) is 19.1 Å². The van der Waals surface area contributed by atoms with Crippen molar-refractivity contribution in [2.24, 2.45) is 5.73 Å². The molecule has 21 heavy (non-hydrogen) atoms. The van der Waals surface area contributed by atoms with Crippen LogP contribution in [-0.4, -0.2) is 36.0 Å². The van der Waals surface area contributed by atoms with Crippen molar-refractivity contribution in [3.8, 4) is 0 Å². The van der Waals surface area contributed by atoms with Gasteiger partial charge in [-0.25, -0.2) is 0 Å². The van der Waals surface area contributed by atoms with E-state index in [0.717, 1.165) is 19.5 Å². The zero-order chi connectivity index (χ0) is 13.7. The van der Waals surface area contributed by atoms with E-state index < -0.39 is 6.04 Å². The van der Waals surface area contributed by atoms with Crippen molar-refractivity contribution < 1.29 is 4.79 Å². The van der Waals surface area contributed by atoms with E-state index in [4.69, 9.17) is 5.73 Å². The predicted octanol–water partition coefficient (Wildman–Crippen LogP) is 1.96. The number of nitrogens with two attached hydrogens (primary N) is 1. The molecule has 120 valence electrons. The van der Waals surface area contributed by atoms with Crippen LogP contribution in [0, 0.1) is 0 Å². The molecule has 0 saturated carbocycles. The molecule has 0 aliphatic carbocycles. The van der Waals surface area contributed by atoms with Gasteiger partial charge in [0.1, 0.15) is 0 Å². The number of hydrogen-bond acceptors (Lipinski definition) is 3. The van der Waals surface area contributed by atoms with Gasteiger partial charge in [-0.15, -0.1) is 24.8 Å². The number of benzene rings is 1. The van der Waals surface area contributed by atoms with Crippen LogP contribution in [0.2, 0.25) is 0 Å². The van der Waals surface area contributed by atoms with Crippen molar-refractivity contribution >= 4 is 30.7 Å². The first-order valence-corrected chi connectivity index (χ1v) is 6.98. The van der Waals surface area contributed by atoms with E-state index in [0.29, 0.717) is 12.6 Å². The van der Waals surface area contributed by atoms with Gasteiger partial charge in [-0.05, 0) is 31.9 Å². The Balaban J connectivity index is 0.00000200. The zero-order valence-corrected chi connectivity index (χ0v) is 14.0. The second kappa shape index (κ2) is 10.0. The molecule has 1 aliphatic heterocycles. The molecule has 2 rings (SSSR count). The normalized spacial score (nSPS) is 19.2. The van der Waals surface area contributed by atoms with Crippen LogP contribution >= 0.6 is 24.8 Å². The molecule has 1 aliphatic rings. The fourth-order valence-corrected chi connectivity index (χ4v) is 2.53. The first-order chi connectivity index (χ1) is 9.16. The van der Waals surface area contributed by atoms with Crippen LogP contribution in [0.5, 0.6) is 0 Å². The topological polar surface area (TPSA) is 58.4 Å². The maximum Gasteiger partial charge on any atom is 0.236 e. The lowest BCUT2D eigenvalue weighted by atomic mass is 10.1. The highest BCUT2D eigenvalue weighted by Crippen LogP contribution is 2.19. The van der Waals surface area contributed by atoms with E-state index in [1.807, 2.05) is 6.07 Å². The van der Waals surface area contributed by atoms with Crippen LogP contribution in [0.1, 0.15) is 25.3 Å². The quantitative estimate of drug-likeness (QED) is 0.865. The molecule has 1 heterocycles. The van der Waals surface area contributed by atoms with Crippen LogP contribution < -0.4 is 11.1 Å². The summed E-state index contributed by atoms with van der Waals surface area (Å²) in [5.74, 6) is -0.0634. The largest absolute Gasteiger partial charge is 0.353 e. The summed E-state index contributed by atoms with van der Waals surface area (Å²) in [5, 5.41) is 2.93. The fourth-order valence-electron chi connectivity index (χ4n) is 2.53. The number of carbonyl (C=O) groups excluding carboxylic acids is 1. The van der Waals surface area contributed by atoms with Gasteiger partial charge >= 0.3 is 0 Å². The van der Waals surface area contributed by atoms with Gasteiger partial charge in [0.2, 0.25) is 5.91 Å². The minimum atomic E-state index is -0.427. The summed E-state index contributed by atoms with van der Waals surface area (Å²) in [6.45, 7) is 4.48. The molecule has 0 bridgehead atoms. The van der Waals surface area contributed by atoms with E-state index in [1.54, 1.807) is 6.92 Å². The Bertz CT molecular complexity index is 415. The maximum absolute atomic E-state index is 11.5. The number of carbonyl (C=O) groups is 1. The molecule has 1 aromatic rings. The second-order valence-corrected chi connectivity index (χ2v) is 5.29. The molecule has 2 unspecified atom stereocenters. The number of nitrogens with zero attached hydrogens (tertiary/aromatic N) is 1. The third kappa shape index (κ3) is 6.22. The van der Waals surface area contributed by atoms with E-state index in [-0.39, 0.29) is 30.7 Å². The summed E-state index contributed by atoms with van der Waals surface area (Å²) < 4.78 is 0. The third-order valence-electron chi connectivity index (χ3n) is 3.65. The molecule has 6 heteroatoms. The lowest BCUT2D eigenvalue weighted by Gasteiger charge is -2.25. The lowest BCUT2D eigenvalue weighted by Crippen LogP contribution is -2.44. The number of likely N-dealkylation sites (tertiary alicyclic amines) is 1. The number of hydrogen-bond donors (Lipinski definition) is 2. The van der Waals surface area contributed by atoms with E-state index >= 15 is 0 Å². The summed E-state index contributed by atoms with van der Waals surface area (Å²) in [5.41, 5.74) is 6.88. The zero-order valence-electron chi connectivity index (χ0n) is 12.3. The Morgan fingerprint density at radius 2 is 2.05 bits per heavy atom. The summed E-state index contributed by atoms with van der Waals surface area (Å²) in [4.78, 5) is 14.0. The van der Waals surface area contributed by atoms with E-state index in [9.17, 15) is 4.79 Å². The Kier molecular flexibility index (Phi) is 9.62. The highest BCUT2D eigenvalue weighted by molar-refractivity contribution is 5.85. The summed E-state index contributed by atoms with van der Waals surface area (Å²) in [6.07, 6.45) is 2.34. The molecular formula is C15H25Cl2N3O. The average Bonchev–Trinajstić information content (AvgIpc) is 2.84. The SMILES string of the molecule is CC(N)C(=O)NCC1CCCN1Cc1ccccc1.Cl.Cl. The van der Waals surface area contributed by atoms with Crippen molar-refractivity contribution in [2.45, 2.75) is 38.4 Å². The molecule has 0 aromatic heterocycles. The third-order valence-corrected chi connectivity index (χ3v) is 3.65. The minimum Gasteiger partial charge on any atom is -0.353 e. The molecule has 4 nitrogen and oxygen atoms in total. The van der Waals surface area contributed by atoms with Crippen molar-refractivity contribution in [1.82, 2.24) is 10.2 Å². The minimum absolute atomic E-state index is 0. The molecule has 0 radical (unpaired) electrons. The number of nitrogens with one attached hydrogen (secondary N) is 1. The van der Waals surface area contributed by atoms with Gasteiger partial charge in [-0.3, -0.25) is 9.69 Å². The number of halogens is 2. The second-order valence-electron chi connectivity index (χ2n) is 5.29. The summed E-state index contributed by atoms with van der Waals surface area (Å²) >= 11 is 0. The average molecular weight is 334 g/mol. The van der Waals surface area contributed by atoms with Gasteiger partial charge in [-0.1, -0.05) is 30.3 Å². The first-order valence-electron chi connectivity index (χ1n) is 6.98. The van der Waals surface area contributed by atoms with Crippen LogP contribution in [0.15, 0.2) is 30.3 Å². The van der Waals surface area contributed by atoms with E-state index in [1.165, 1.54) is 12.0 Å². The lowest BCUT2D eigenvalue weighted by molar-refractivity contribution is -0.122. The van der Waals surface area contributed by atoms with Crippen molar-refractivity contribution in [1.29, 1.82) is 0 Å². The molecule has 1 amide bonds. The summed E-state index contributed by atoms with van der Waals surface area (Å²) in [6, 6.07) is 10.5. The molecule has 2 atom stereocenters. The van der Waals surface area contributed by atoms with Gasteiger partial charge in [0.25, 0.3) is 0 Å². The number of amides is 1. The maximum atomic E-state index is 11.5.